The molecule has 4 rings (SSSR count). The minimum atomic E-state index is -3.13. The number of para-hydroxylation sites is 1. The van der Waals surface area contributed by atoms with Crippen molar-refractivity contribution in [2.75, 3.05) is 16.4 Å². The van der Waals surface area contributed by atoms with Gasteiger partial charge in [-0.2, -0.15) is 0 Å². The lowest BCUT2D eigenvalue weighted by Crippen LogP contribution is -2.39. The highest BCUT2D eigenvalue weighted by Gasteiger charge is 2.47. The standard InChI is InChI=1S/C18H17FN2O2S2/c19-14-8-4-5-9-16(14)21-17-12-25(22,23)11-15(17)20-18(21)24-10-13-6-2-1-3-7-13/h1-9,15,17H,10-12H2/t15-,17+/m0/s1. The quantitative estimate of drug-likeness (QED) is 0.826. The van der Waals surface area contributed by atoms with E-state index in [2.05, 4.69) is 4.99 Å². The molecule has 4 nitrogen and oxygen atoms in total. The van der Waals surface area contributed by atoms with Gasteiger partial charge in [0.25, 0.3) is 0 Å². The van der Waals surface area contributed by atoms with Gasteiger partial charge in [-0.25, -0.2) is 12.8 Å². The Balaban J connectivity index is 1.65. The van der Waals surface area contributed by atoms with Crippen molar-refractivity contribution in [1.29, 1.82) is 0 Å². The third kappa shape index (κ3) is 3.30. The number of nitrogens with zero attached hydrogens (tertiary/aromatic N) is 2. The van der Waals surface area contributed by atoms with E-state index in [1.54, 1.807) is 23.1 Å². The summed E-state index contributed by atoms with van der Waals surface area (Å²) in [7, 11) is -3.13. The minimum absolute atomic E-state index is 0.0187. The van der Waals surface area contributed by atoms with E-state index in [-0.39, 0.29) is 29.4 Å². The number of aliphatic imine (C=N–C) groups is 1. The van der Waals surface area contributed by atoms with Crippen LogP contribution in [0.15, 0.2) is 59.6 Å². The molecule has 1 saturated heterocycles. The molecule has 0 radical (unpaired) electrons. The lowest BCUT2D eigenvalue weighted by atomic mass is 10.1. The molecule has 2 aliphatic heterocycles. The van der Waals surface area contributed by atoms with Crippen LogP contribution in [-0.2, 0) is 15.6 Å². The molecule has 2 heterocycles. The average Bonchev–Trinajstić information content (AvgIpc) is 3.06. The van der Waals surface area contributed by atoms with Gasteiger partial charge in [-0.15, -0.1) is 0 Å². The van der Waals surface area contributed by atoms with Crippen molar-refractivity contribution in [2.24, 2.45) is 4.99 Å². The smallest absolute Gasteiger partial charge is 0.164 e. The Morgan fingerprint density at radius 1 is 1.08 bits per heavy atom. The average molecular weight is 376 g/mol. The van der Waals surface area contributed by atoms with Gasteiger partial charge in [-0.05, 0) is 17.7 Å². The zero-order valence-corrected chi connectivity index (χ0v) is 15.0. The predicted molar refractivity (Wildman–Crippen MR) is 100 cm³/mol. The Hall–Kier alpha value is -1.86. The third-order valence-corrected chi connectivity index (χ3v) is 7.17. The Morgan fingerprint density at radius 3 is 2.56 bits per heavy atom. The van der Waals surface area contributed by atoms with Crippen molar-refractivity contribution >= 4 is 32.5 Å². The van der Waals surface area contributed by atoms with Crippen LogP contribution < -0.4 is 4.90 Å². The number of sulfone groups is 1. The number of amidine groups is 1. The molecule has 1 fully saturated rings. The van der Waals surface area contributed by atoms with Crippen molar-refractivity contribution in [1.82, 2.24) is 0 Å². The number of thioether (sulfide) groups is 1. The lowest BCUT2D eigenvalue weighted by molar-refractivity contribution is 0.600. The van der Waals surface area contributed by atoms with Gasteiger partial charge in [0.15, 0.2) is 15.0 Å². The SMILES string of the molecule is O=S1(=O)C[C@@H]2N=C(SCc3ccccc3)N(c3ccccc3F)[C@@H]2C1. The Labute approximate surface area is 150 Å². The first kappa shape index (κ1) is 16.6. The van der Waals surface area contributed by atoms with Gasteiger partial charge in [-0.1, -0.05) is 54.2 Å². The second kappa shape index (κ2) is 6.46. The first-order chi connectivity index (χ1) is 12.0. The molecule has 2 atom stereocenters. The summed E-state index contributed by atoms with van der Waals surface area (Å²) in [5.74, 6) is 0.403. The summed E-state index contributed by atoms with van der Waals surface area (Å²) in [6, 6.07) is 15.8. The summed E-state index contributed by atoms with van der Waals surface area (Å²) >= 11 is 1.52. The van der Waals surface area contributed by atoms with Crippen LogP contribution in [-0.4, -0.2) is 37.2 Å². The van der Waals surface area contributed by atoms with Gasteiger partial charge in [0, 0.05) is 5.75 Å². The molecular weight excluding hydrogens is 359 g/mol. The zero-order valence-electron chi connectivity index (χ0n) is 13.4. The summed E-state index contributed by atoms with van der Waals surface area (Å²) in [5.41, 5.74) is 1.54. The Kier molecular flexibility index (Phi) is 4.29. The molecule has 2 aromatic rings. The van der Waals surface area contributed by atoms with E-state index in [0.29, 0.717) is 16.6 Å². The molecule has 7 heteroatoms. The van der Waals surface area contributed by atoms with Crippen LogP contribution in [0.1, 0.15) is 5.56 Å². The maximum atomic E-state index is 14.4. The number of fused-ring (bicyclic) bond motifs is 1. The minimum Gasteiger partial charge on any atom is -0.312 e. The van der Waals surface area contributed by atoms with E-state index in [0.717, 1.165) is 5.56 Å². The van der Waals surface area contributed by atoms with Gasteiger partial charge in [0.1, 0.15) is 5.82 Å². The first-order valence-electron chi connectivity index (χ1n) is 8.02. The summed E-state index contributed by atoms with van der Waals surface area (Å²) in [4.78, 5) is 6.40. The van der Waals surface area contributed by atoms with Crippen molar-refractivity contribution in [3.63, 3.8) is 0 Å². The molecule has 0 aliphatic carbocycles. The molecule has 0 amide bonds. The van der Waals surface area contributed by atoms with E-state index in [9.17, 15) is 12.8 Å². The van der Waals surface area contributed by atoms with E-state index < -0.39 is 9.84 Å². The summed E-state index contributed by atoms with van der Waals surface area (Å²) in [6.45, 7) is 0. The molecule has 0 N–H and O–H groups in total. The summed E-state index contributed by atoms with van der Waals surface area (Å²) in [6.07, 6.45) is 0. The topological polar surface area (TPSA) is 49.7 Å². The van der Waals surface area contributed by atoms with Gasteiger partial charge >= 0.3 is 0 Å². The second-order valence-electron chi connectivity index (χ2n) is 6.22. The highest BCUT2D eigenvalue weighted by molar-refractivity contribution is 8.13. The molecular formula is C18H17FN2O2S2. The fourth-order valence-corrected chi connectivity index (χ4v) is 6.20. The van der Waals surface area contributed by atoms with Gasteiger partial charge in [0.05, 0.1) is 29.3 Å². The van der Waals surface area contributed by atoms with Crippen molar-refractivity contribution < 1.29 is 12.8 Å². The lowest BCUT2D eigenvalue weighted by Gasteiger charge is -2.26. The highest BCUT2D eigenvalue weighted by atomic mass is 32.2. The van der Waals surface area contributed by atoms with Crippen LogP contribution in [0.25, 0.3) is 0 Å². The molecule has 0 unspecified atom stereocenters. The van der Waals surface area contributed by atoms with E-state index >= 15 is 0 Å². The molecule has 0 bridgehead atoms. The van der Waals surface area contributed by atoms with Crippen molar-refractivity contribution in [3.8, 4) is 0 Å². The zero-order chi connectivity index (χ0) is 17.4. The second-order valence-corrected chi connectivity index (χ2v) is 9.32. The fraction of sp³-hybridized carbons (Fsp3) is 0.278. The van der Waals surface area contributed by atoms with Crippen LogP contribution in [0.4, 0.5) is 10.1 Å². The molecule has 2 aliphatic rings. The van der Waals surface area contributed by atoms with Crippen LogP contribution in [0.3, 0.4) is 0 Å². The summed E-state index contributed by atoms with van der Waals surface area (Å²) < 4.78 is 38.4. The largest absolute Gasteiger partial charge is 0.312 e. The van der Waals surface area contributed by atoms with Crippen LogP contribution in [0.2, 0.25) is 0 Å². The molecule has 2 aromatic carbocycles. The predicted octanol–water partition coefficient (Wildman–Crippen LogP) is 3.10. The number of anilines is 1. The van der Waals surface area contributed by atoms with Gasteiger partial charge < -0.3 is 4.90 Å². The van der Waals surface area contributed by atoms with Crippen LogP contribution >= 0.6 is 11.8 Å². The number of rotatable bonds is 3. The van der Waals surface area contributed by atoms with Gasteiger partial charge in [0.2, 0.25) is 0 Å². The molecule has 0 aromatic heterocycles. The molecule has 25 heavy (non-hydrogen) atoms. The fourth-order valence-electron chi connectivity index (χ4n) is 3.28. The highest BCUT2D eigenvalue weighted by Crippen LogP contribution is 2.36. The number of halogens is 1. The van der Waals surface area contributed by atoms with Crippen molar-refractivity contribution in [2.45, 2.75) is 17.8 Å². The van der Waals surface area contributed by atoms with E-state index in [4.69, 9.17) is 0 Å². The van der Waals surface area contributed by atoms with Crippen LogP contribution in [0, 0.1) is 5.82 Å². The normalized spacial score (nSPS) is 24.2. The Bertz CT molecular complexity index is 916. The van der Waals surface area contributed by atoms with Crippen LogP contribution in [0.5, 0.6) is 0 Å². The monoisotopic (exact) mass is 376 g/mol. The van der Waals surface area contributed by atoms with E-state index in [1.807, 2.05) is 30.3 Å². The molecule has 0 saturated carbocycles. The van der Waals surface area contributed by atoms with E-state index in [1.165, 1.54) is 17.8 Å². The van der Waals surface area contributed by atoms with Crippen molar-refractivity contribution in [3.05, 3.63) is 66.0 Å². The maximum Gasteiger partial charge on any atom is 0.164 e. The number of hydrogen-bond acceptors (Lipinski definition) is 5. The maximum absolute atomic E-state index is 14.4. The molecule has 0 spiro atoms. The summed E-state index contributed by atoms with van der Waals surface area (Å²) in [5, 5.41) is 0.693. The first-order valence-corrected chi connectivity index (χ1v) is 10.8. The Morgan fingerprint density at radius 2 is 1.80 bits per heavy atom. The number of benzene rings is 2. The van der Waals surface area contributed by atoms with Gasteiger partial charge in [-0.3, -0.25) is 4.99 Å². The third-order valence-electron chi connectivity index (χ3n) is 4.43. The number of hydrogen-bond donors (Lipinski definition) is 0. The molecule has 130 valence electrons.